The number of nitrogen functional groups attached to an aromatic ring is 1. The van der Waals surface area contributed by atoms with Gasteiger partial charge in [0, 0.05) is 4.90 Å². The topological polar surface area (TPSA) is 63.9 Å². The fraction of sp³-hybridized carbons (Fsp3) is 0.188. The van der Waals surface area contributed by atoms with E-state index in [1.54, 1.807) is 11.8 Å². The highest BCUT2D eigenvalue weighted by Crippen LogP contribution is 2.32. The monoisotopic (exact) mass is 299 g/mol. The molecule has 0 amide bonds. The average molecular weight is 299 g/mol. The summed E-state index contributed by atoms with van der Waals surface area (Å²) in [6, 6.07) is 13.8. The second-order valence-corrected chi connectivity index (χ2v) is 5.77. The molecular formula is C16H17N3OS. The van der Waals surface area contributed by atoms with Crippen molar-refractivity contribution < 1.29 is 4.74 Å². The van der Waals surface area contributed by atoms with Gasteiger partial charge in [0.15, 0.2) is 5.16 Å². The van der Waals surface area contributed by atoms with Crippen LogP contribution in [-0.2, 0) is 0 Å². The molecule has 0 saturated carbocycles. The molecule has 108 valence electrons. The number of fused-ring (bicyclic) bond motifs is 1. The van der Waals surface area contributed by atoms with Crippen molar-refractivity contribution in [3.8, 4) is 5.75 Å². The van der Waals surface area contributed by atoms with Gasteiger partial charge >= 0.3 is 0 Å². The molecule has 0 aliphatic carbocycles. The Hall–Kier alpha value is -2.14. The van der Waals surface area contributed by atoms with E-state index in [0.29, 0.717) is 12.3 Å². The van der Waals surface area contributed by atoms with Crippen molar-refractivity contribution in [2.75, 3.05) is 12.3 Å². The molecule has 3 N–H and O–H groups in total. The maximum Gasteiger partial charge on any atom is 0.171 e. The molecule has 0 atom stereocenters. The predicted molar refractivity (Wildman–Crippen MR) is 86.9 cm³/mol. The molecule has 1 aromatic heterocycles. The maximum absolute atomic E-state index is 5.93. The lowest BCUT2D eigenvalue weighted by atomic mass is 10.3. The third-order valence-electron chi connectivity index (χ3n) is 3.03. The largest absolute Gasteiger partial charge is 0.491 e. The summed E-state index contributed by atoms with van der Waals surface area (Å²) in [6.45, 7) is 2.74. The van der Waals surface area contributed by atoms with Gasteiger partial charge in [0.25, 0.3) is 0 Å². The number of benzene rings is 2. The fourth-order valence-electron chi connectivity index (χ4n) is 2.00. The molecule has 5 heteroatoms. The molecule has 1 heterocycles. The molecule has 0 bridgehead atoms. The van der Waals surface area contributed by atoms with Crippen molar-refractivity contribution in [3.05, 3.63) is 42.5 Å². The Morgan fingerprint density at radius 1 is 1.24 bits per heavy atom. The zero-order valence-electron chi connectivity index (χ0n) is 11.8. The number of aromatic amines is 1. The molecule has 21 heavy (non-hydrogen) atoms. The number of nitrogens with one attached hydrogen (secondary N) is 1. The molecule has 4 nitrogen and oxygen atoms in total. The van der Waals surface area contributed by atoms with E-state index < -0.39 is 0 Å². The zero-order chi connectivity index (χ0) is 14.7. The van der Waals surface area contributed by atoms with Gasteiger partial charge in [0.1, 0.15) is 5.75 Å². The lowest BCUT2D eigenvalue weighted by Crippen LogP contribution is -1.98. The average Bonchev–Trinajstić information content (AvgIpc) is 2.90. The molecule has 0 radical (unpaired) electrons. The van der Waals surface area contributed by atoms with Crippen LogP contribution in [0.15, 0.2) is 52.5 Å². The Kier molecular flexibility index (Phi) is 4.01. The molecular weight excluding hydrogens is 282 g/mol. The normalized spacial score (nSPS) is 10.9. The van der Waals surface area contributed by atoms with Crippen molar-refractivity contribution in [3.63, 3.8) is 0 Å². The van der Waals surface area contributed by atoms with Gasteiger partial charge in [-0.2, -0.15) is 0 Å². The number of imidazole rings is 1. The van der Waals surface area contributed by atoms with Crippen molar-refractivity contribution in [1.29, 1.82) is 0 Å². The molecule has 0 fully saturated rings. The van der Waals surface area contributed by atoms with Crippen LogP contribution in [0.3, 0.4) is 0 Å². The third kappa shape index (κ3) is 3.13. The van der Waals surface area contributed by atoms with E-state index in [2.05, 4.69) is 16.9 Å². The minimum atomic E-state index is 0.664. The number of para-hydroxylation sites is 2. The van der Waals surface area contributed by atoms with Crippen LogP contribution in [0.2, 0.25) is 0 Å². The van der Waals surface area contributed by atoms with Gasteiger partial charge < -0.3 is 15.5 Å². The smallest absolute Gasteiger partial charge is 0.171 e. The van der Waals surface area contributed by atoms with Gasteiger partial charge in [-0.3, -0.25) is 0 Å². The van der Waals surface area contributed by atoms with Crippen LogP contribution in [-0.4, -0.2) is 16.6 Å². The Labute approximate surface area is 127 Å². The van der Waals surface area contributed by atoms with Crippen LogP contribution >= 0.6 is 11.8 Å². The molecule has 0 aliphatic rings. The SMILES string of the molecule is CCCOc1cc(Sc2nc3ccccc3[nH]2)ccc1N. The van der Waals surface area contributed by atoms with Crippen molar-refractivity contribution >= 4 is 28.5 Å². The predicted octanol–water partition coefficient (Wildman–Crippen LogP) is 4.09. The summed E-state index contributed by atoms with van der Waals surface area (Å²) in [5, 5.41) is 0.863. The van der Waals surface area contributed by atoms with Crippen LogP contribution in [0.4, 0.5) is 5.69 Å². The van der Waals surface area contributed by atoms with E-state index in [4.69, 9.17) is 10.5 Å². The molecule has 0 aliphatic heterocycles. The number of nitrogens with two attached hydrogens (primary N) is 1. The lowest BCUT2D eigenvalue weighted by molar-refractivity contribution is 0.318. The number of anilines is 1. The second kappa shape index (κ2) is 6.10. The van der Waals surface area contributed by atoms with Crippen LogP contribution in [0.1, 0.15) is 13.3 Å². The summed E-state index contributed by atoms with van der Waals surface area (Å²) in [4.78, 5) is 8.91. The van der Waals surface area contributed by atoms with Gasteiger partial charge in [-0.05, 0) is 36.8 Å². The summed E-state index contributed by atoms with van der Waals surface area (Å²) < 4.78 is 5.65. The lowest BCUT2D eigenvalue weighted by Gasteiger charge is -2.09. The summed E-state index contributed by atoms with van der Waals surface area (Å²) in [5.74, 6) is 0.734. The zero-order valence-corrected chi connectivity index (χ0v) is 12.6. The first-order valence-corrected chi connectivity index (χ1v) is 7.73. The standard InChI is InChI=1S/C16H17N3OS/c1-2-9-20-15-10-11(7-8-12(15)17)21-16-18-13-5-3-4-6-14(13)19-16/h3-8,10H,2,9,17H2,1H3,(H,18,19). The molecule has 3 rings (SSSR count). The quantitative estimate of drug-likeness (QED) is 0.697. The highest BCUT2D eigenvalue weighted by atomic mass is 32.2. The molecule has 3 aromatic rings. The molecule has 2 aromatic carbocycles. The maximum atomic E-state index is 5.93. The number of rotatable bonds is 5. The summed E-state index contributed by atoms with van der Waals surface area (Å²) >= 11 is 1.57. The first-order chi connectivity index (χ1) is 10.3. The summed E-state index contributed by atoms with van der Waals surface area (Å²) in [7, 11) is 0. The number of H-pyrrole nitrogens is 1. The van der Waals surface area contributed by atoms with Crippen LogP contribution in [0.5, 0.6) is 5.75 Å². The first-order valence-electron chi connectivity index (χ1n) is 6.91. The first kappa shape index (κ1) is 13.8. The van der Waals surface area contributed by atoms with Gasteiger partial charge in [-0.25, -0.2) is 4.98 Å². The van der Waals surface area contributed by atoms with E-state index in [-0.39, 0.29) is 0 Å². The van der Waals surface area contributed by atoms with Gasteiger partial charge in [-0.15, -0.1) is 0 Å². The number of aromatic nitrogens is 2. The van der Waals surface area contributed by atoms with Gasteiger partial charge in [0.05, 0.1) is 23.3 Å². The number of hydrogen-bond acceptors (Lipinski definition) is 4. The Balaban J connectivity index is 1.83. The minimum Gasteiger partial charge on any atom is -0.491 e. The number of ether oxygens (including phenoxy) is 1. The molecule has 0 saturated heterocycles. The number of hydrogen-bond donors (Lipinski definition) is 2. The van der Waals surface area contributed by atoms with Gasteiger partial charge in [0.2, 0.25) is 0 Å². The van der Waals surface area contributed by atoms with Gasteiger partial charge in [-0.1, -0.05) is 30.8 Å². The van der Waals surface area contributed by atoms with E-state index in [1.165, 1.54) is 0 Å². The van der Waals surface area contributed by atoms with E-state index in [1.807, 2.05) is 42.5 Å². The number of nitrogens with zero attached hydrogens (tertiary/aromatic N) is 1. The fourth-order valence-corrected chi connectivity index (χ4v) is 2.83. The van der Waals surface area contributed by atoms with E-state index in [9.17, 15) is 0 Å². The van der Waals surface area contributed by atoms with E-state index >= 15 is 0 Å². The van der Waals surface area contributed by atoms with Crippen molar-refractivity contribution in [2.45, 2.75) is 23.4 Å². The summed E-state index contributed by atoms with van der Waals surface area (Å²) in [6.07, 6.45) is 0.959. The Bertz CT molecular complexity index is 721. The van der Waals surface area contributed by atoms with Crippen molar-refractivity contribution in [1.82, 2.24) is 9.97 Å². The minimum absolute atomic E-state index is 0.664. The Morgan fingerprint density at radius 2 is 2.10 bits per heavy atom. The highest BCUT2D eigenvalue weighted by Gasteiger charge is 2.07. The van der Waals surface area contributed by atoms with Crippen LogP contribution in [0.25, 0.3) is 11.0 Å². The van der Waals surface area contributed by atoms with Crippen LogP contribution < -0.4 is 10.5 Å². The Morgan fingerprint density at radius 3 is 2.90 bits per heavy atom. The summed E-state index contributed by atoms with van der Waals surface area (Å²) in [5.41, 5.74) is 8.60. The highest BCUT2D eigenvalue weighted by molar-refractivity contribution is 7.99. The van der Waals surface area contributed by atoms with Crippen LogP contribution in [0, 0.1) is 0 Å². The molecule has 0 unspecified atom stereocenters. The second-order valence-electron chi connectivity index (χ2n) is 4.71. The van der Waals surface area contributed by atoms with Crippen molar-refractivity contribution in [2.24, 2.45) is 0 Å². The third-order valence-corrected chi connectivity index (χ3v) is 3.91. The van der Waals surface area contributed by atoms with E-state index in [0.717, 1.165) is 33.3 Å². The molecule has 0 spiro atoms.